The van der Waals surface area contributed by atoms with Crippen LogP contribution in [0.4, 0.5) is 18.9 Å². The first-order chi connectivity index (χ1) is 9.88. The molecule has 1 aliphatic heterocycles. The van der Waals surface area contributed by atoms with Gasteiger partial charge in [-0.05, 0) is 12.1 Å². The molecule has 3 rings (SSSR count). The van der Waals surface area contributed by atoms with Gasteiger partial charge < -0.3 is 10.0 Å². The van der Waals surface area contributed by atoms with Gasteiger partial charge >= 0.3 is 6.18 Å². The van der Waals surface area contributed by atoms with Crippen LogP contribution in [0.15, 0.2) is 24.5 Å². The Hall–Kier alpha value is -2.16. The summed E-state index contributed by atoms with van der Waals surface area (Å²) in [6.07, 6.45) is -1.59. The monoisotopic (exact) mass is 299 g/mol. The van der Waals surface area contributed by atoms with Gasteiger partial charge in [-0.25, -0.2) is 0 Å². The predicted molar refractivity (Wildman–Crippen MR) is 66.3 cm³/mol. The number of alkyl halides is 3. The molecule has 1 atom stereocenters. The van der Waals surface area contributed by atoms with Gasteiger partial charge in [-0.2, -0.15) is 28.6 Å². The number of halogens is 3. The van der Waals surface area contributed by atoms with Crippen LogP contribution in [-0.2, 0) is 11.8 Å². The lowest BCUT2D eigenvalue weighted by molar-refractivity contribution is -0.141. The number of nitrogens with one attached hydrogen (secondary N) is 1. The van der Waals surface area contributed by atoms with Crippen LogP contribution in [0.2, 0.25) is 0 Å². The van der Waals surface area contributed by atoms with Gasteiger partial charge in [0.05, 0.1) is 12.7 Å². The summed E-state index contributed by atoms with van der Waals surface area (Å²) in [5.41, 5.74) is -1.40. The molecule has 1 fully saturated rings. The third kappa shape index (κ3) is 2.56. The SMILES string of the molecule is OC1(c2cn[nH]n2)CCN(c2ccnc(C(F)(F)F)c2)C1. The zero-order valence-corrected chi connectivity index (χ0v) is 10.8. The molecule has 1 aliphatic rings. The van der Waals surface area contributed by atoms with E-state index in [1.807, 2.05) is 0 Å². The van der Waals surface area contributed by atoms with Gasteiger partial charge in [-0.3, -0.25) is 4.98 Å². The summed E-state index contributed by atoms with van der Waals surface area (Å²) >= 11 is 0. The molecule has 21 heavy (non-hydrogen) atoms. The summed E-state index contributed by atoms with van der Waals surface area (Å²) in [5, 5.41) is 20.4. The van der Waals surface area contributed by atoms with Crippen LogP contribution >= 0.6 is 0 Å². The minimum atomic E-state index is -4.49. The number of aromatic nitrogens is 4. The van der Waals surface area contributed by atoms with Crippen molar-refractivity contribution in [2.45, 2.75) is 18.2 Å². The van der Waals surface area contributed by atoms with Crippen molar-refractivity contribution in [1.82, 2.24) is 20.4 Å². The van der Waals surface area contributed by atoms with Crippen molar-refractivity contribution in [2.24, 2.45) is 0 Å². The molecule has 0 radical (unpaired) electrons. The van der Waals surface area contributed by atoms with Crippen LogP contribution in [0.5, 0.6) is 0 Å². The highest BCUT2D eigenvalue weighted by atomic mass is 19.4. The second-order valence-electron chi connectivity index (χ2n) is 4.96. The number of hydrogen-bond donors (Lipinski definition) is 2. The molecular formula is C12H12F3N5O. The maximum Gasteiger partial charge on any atom is 0.433 e. The Labute approximate surface area is 117 Å². The third-order valence-electron chi connectivity index (χ3n) is 3.54. The molecule has 1 saturated heterocycles. The number of anilines is 1. The maximum atomic E-state index is 12.7. The smallest absolute Gasteiger partial charge is 0.381 e. The molecule has 0 saturated carbocycles. The zero-order chi connectivity index (χ0) is 15.1. The van der Waals surface area contributed by atoms with Crippen molar-refractivity contribution in [3.05, 3.63) is 35.9 Å². The summed E-state index contributed by atoms with van der Waals surface area (Å²) in [4.78, 5) is 5.00. The minimum absolute atomic E-state index is 0.154. The highest BCUT2D eigenvalue weighted by Crippen LogP contribution is 2.35. The van der Waals surface area contributed by atoms with Crippen molar-refractivity contribution in [2.75, 3.05) is 18.0 Å². The Morgan fingerprint density at radius 2 is 2.19 bits per heavy atom. The summed E-state index contributed by atoms with van der Waals surface area (Å²) < 4.78 is 38.0. The lowest BCUT2D eigenvalue weighted by Crippen LogP contribution is -2.31. The van der Waals surface area contributed by atoms with Gasteiger partial charge in [0, 0.05) is 24.8 Å². The van der Waals surface area contributed by atoms with E-state index in [4.69, 9.17) is 0 Å². The quantitative estimate of drug-likeness (QED) is 0.874. The van der Waals surface area contributed by atoms with Gasteiger partial charge in [0.15, 0.2) is 0 Å². The van der Waals surface area contributed by atoms with Crippen LogP contribution in [0.1, 0.15) is 17.8 Å². The molecule has 0 spiro atoms. The standard InChI is InChI=1S/C12H12F3N5O/c13-12(14,15)9-5-8(1-3-16-9)20-4-2-11(21,7-20)10-6-17-19-18-10/h1,3,5-6,21H,2,4,7H2,(H,17,18,19). The van der Waals surface area contributed by atoms with E-state index in [1.54, 1.807) is 4.90 Å². The summed E-state index contributed by atoms with van der Waals surface area (Å²) in [7, 11) is 0. The molecule has 112 valence electrons. The molecule has 0 amide bonds. The second kappa shape index (κ2) is 4.69. The van der Waals surface area contributed by atoms with Crippen LogP contribution < -0.4 is 4.90 Å². The van der Waals surface area contributed by atoms with Gasteiger partial charge in [0.25, 0.3) is 0 Å². The molecule has 0 bridgehead atoms. The Kier molecular flexibility index (Phi) is 3.08. The number of aromatic amines is 1. The highest BCUT2D eigenvalue weighted by molar-refractivity contribution is 5.49. The van der Waals surface area contributed by atoms with E-state index in [9.17, 15) is 18.3 Å². The highest BCUT2D eigenvalue weighted by Gasteiger charge is 2.40. The van der Waals surface area contributed by atoms with Crippen molar-refractivity contribution < 1.29 is 18.3 Å². The van der Waals surface area contributed by atoms with Crippen LogP contribution in [0.25, 0.3) is 0 Å². The summed E-state index contributed by atoms with van der Waals surface area (Å²) in [6, 6.07) is 2.47. The van der Waals surface area contributed by atoms with Gasteiger partial charge in [-0.15, -0.1) is 0 Å². The predicted octanol–water partition coefficient (Wildman–Crippen LogP) is 1.32. The van der Waals surface area contributed by atoms with E-state index < -0.39 is 17.5 Å². The number of rotatable bonds is 2. The molecule has 0 aliphatic carbocycles. The normalized spacial score (nSPS) is 22.8. The lowest BCUT2D eigenvalue weighted by atomic mass is 10.00. The molecule has 3 heterocycles. The molecule has 2 aromatic rings. The van der Waals surface area contributed by atoms with E-state index in [-0.39, 0.29) is 6.54 Å². The minimum Gasteiger partial charge on any atom is -0.381 e. The number of nitrogens with zero attached hydrogens (tertiary/aromatic N) is 4. The molecule has 2 aromatic heterocycles. The summed E-state index contributed by atoms with van der Waals surface area (Å²) in [5.74, 6) is 0. The van der Waals surface area contributed by atoms with Gasteiger partial charge in [0.2, 0.25) is 0 Å². The molecule has 0 aromatic carbocycles. The van der Waals surface area contributed by atoms with Gasteiger partial charge in [0.1, 0.15) is 17.0 Å². The summed E-state index contributed by atoms with van der Waals surface area (Å²) in [6.45, 7) is 0.575. The molecule has 1 unspecified atom stereocenters. The van der Waals surface area contributed by atoms with Gasteiger partial charge in [-0.1, -0.05) is 0 Å². The largest absolute Gasteiger partial charge is 0.433 e. The second-order valence-corrected chi connectivity index (χ2v) is 4.96. The van der Waals surface area contributed by atoms with E-state index >= 15 is 0 Å². The van der Waals surface area contributed by atoms with E-state index in [1.165, 1.54) is 12.3 Å². The fourth-order valence-electron chi connectivity index (χ4n) is 2.42. The fraction of sp³-hybridized carbons (Fsp3) is 0.417. The molecule has 2 N–H and O–H groups in total. The van der Waals surface area contributed by atoms with Crippen molar-refractivity contribution in [3.8, 4) is 0 Å². The molecular weight excluding hydrogens is 287 g/mol. The average molecular weight is 299 g/mol. The Bertz CT molecular complexity index is 630. The zero-order valence-electron chi connectivity index (χ0n) is 10.8. The Balaban J connectivity index is 1.84. The fourth-order valence-corrected chi connectivity index (χ4v) is 2.42. The van der Waals surface area contributed by atoms with E-state index in [2.05, 4.69) is 20.4 Å². The van der Waals surface area contributed by atoms with E-state index in [0.717, 1.165) is 12.3 Å². The molecule has 6 nitrogen and oxygen atoms in total. The number of hydrogen-bond acceptors (Lipinski definition) is 5. The number of β-amino-alcohol motifs (C(OH)–C–C–N with tert-alkyl or cyclic N) is 1. The van der Waals surface area contributed by atoms with Crippen LogP contribution in [-0.4, -0.2) is 38.6 Å². The first-order valence-corrected chi connectivity index (χ1v) is 6.25. The average Bonchev–Trinajstić information content (AvgIpc) is 3.08. The first kappa shape index (κ1) is 13.8. The van der Waals surface area contributed by atoms with E-state index in [0.29, 0.717) is 24.3 Å². The number of pyridine rings is 1. The van der Waals surface area contributed by atoms with Crippen molar-refractivity contribution >= 4 is 5.69 Å². The third-order valence-corrected chi connectivity index (χ3v) is 3.54. The number of H-pyrrole nitrogens is 1. The van der Waals surface area contributed by atoms with Crippen molar-refractivity contribution in [1.29, 1.82) is 0 Å². The molecule has 9 heteroatoms. The Morgan fingerprint density at radius 1 is 1.38 bits per heavy atom. The van der Waals surface area contributed by atoms with Crippen molar-refractivity contribution in [3.63, 3.8) is 0 Å². The van der Waals surface area contributed by atoms with Crippen LogP contribution in [0.3, 0.4) is 0 Å². The lowest BCUT2D eigenvalue weighted by Gasteiger charge is -2.22. The van der Waals surface area contributed by atoms with Crippen LogP contribution in [0, 0.1) is 0 Å². The topological polar surface area (TPSA) is 77.9 Å². The maximum absolute atomic E-state index is 12.7. The Morgan fingerprint density at radius 3 is 2.86 bits per heavy atom. The number of aliphatic hydroxyl groups is 1. The first-order valence-electron chi connectivity index (χ1n) is 6.25.